The van der Waals surface area contributed by atoms with Crippen LogP contribution in [0.3, 0.4) is 0 Å². The van der Waals surface area contributed by atoms with Gasteiger partial charge in [-0.25, -0.2) is 4.18 Å². The van der Waals surface area contributed by atoms with E-state index < -0.39 is 10.4 Å². The molecule has 0 rings (SSSR count). The second-order valence-corrected chi connectivity index (χ2v) is 2.70. The third-order valence-electron chi connectivity index (χ3n) is 0.696. The van der Waals surface area contributed by atoms with E-state index in [2.05, 4.69) is 10.8 Å². The van der Waals surface area contributed by atoms with Crippen LogP contribution in [-0.4, -0.2) is 62.3 Å². The van der Waals surface area contributed by atoms with Crippen LogP contribution in [0.15, 0.2) is 12.7 Å². The zero-order valence-electron chi connectivity index (χ0n) is 5.89. The Hall–Kier alpha value is 0.570. The van der Waals surface area contributed by atoms with Crippen LogP contribution < -0.4 is 0 Å². The Morgan fingerprint density at radius 1 is 1.42 bits per heavy atom. The molecule has 12 heavy (non-hydrogen) atoms. The van der Waals surface area contributed by atoms with Gasteiger partial charge >= 0.3 is 40.0 Å². The van der Waals surface area contributed by atoms with E-state index in [-0.39, 0.29) is 42.8 Å². The molecule has 0 aliphatic rings. The predicted molar refractivity (Wildman–Crippen MR) is 45.7 cm³/mol. The molecule has 0 spiro atoms. The van der Waals surface area contributed by atoms with Gasteiger partial charge in [0, 0.05) is 0 Å². The normalized spacial score (nSPS) is 10.4. The van der Waals surface area contributed by atoms with Crippen molar-refractivity contribution in [3.63, 3.8) is 0 Å². The first-order valence-corrected chi connectivity index (χ1v) is 4.23. The Kier molecular flexibility index (Phi) is 10.3. The standard InChI is InChI=1S/C5H10O5S.Na.H/c1-2-3-9-4-5-10-11(6,7)8;;/h2H,1,3-5H2,(H,6,7,8);;. The first kappa shape index (κ1) is 15.1. The summed E-state index contributed by atoms with van der Waals surface area (Å²) in [5, 5.41) is 0. The molecular weight excluding hydrogens is 195 g/mol. The van der Waals surface area contributed by atoms with Gasteiger partial charge in [-0.1, -0.05) is 6.08 Å². The fourth-order valence-electron chi connectivity index (χ4n) is 0.365. The van der Waals surface area contributed by atoms with Crippen LogP contribution in [0.1, 0.15) is 0 Å². The Balaban J connectivity index is 0. The van der Waals surface area contributed by atoms with Crippen molar-refractivity contribution in [2.24, 2.45) is 0 Å². The zero-order chi connectivity index (χ0) is 8.74. The third kappa shape index (κ3) is 13.2. The first-order chi connectivity index (χ1) is 5.06. The van der Waals surface area contributed by atoms with Gasteiger partial charge in [-0.15, -0.1) is 6.58 Å². The molecule has 0 amide bonds. The molecule has 0 aliphatic heterocycles. The van der Waals surface area contributed by atoms with Gasteiger partial charge in [0.15, 0.2) is 0 Å². The number of rotatable bonds is 6. The zero-order valence-corrected chi connectivity index (χ0v) is 6.71. The van der Waals surface area contributed by atoms with Crippen molar-refractivity contribution in [3.05, 3.63) is 12.7 Å². The molecular formula is C5H11NaO5S. The van der Waals surface area contributed by atoms with Crippen molar-refractivity contribution in [1.29, 1.82) is 0 Å². The second-order valence-electron chi connectivity index (χ2n) is 1.61. The van der Waals surface area contributed by atoms with Crippen molar-refractivity contribution >= 4 is 40.0 Å². The van der Waals surface area contributed by atoms with Gasteiger partial charge in [0.1, 0.15) is 0 Å². The molecule has 0 bridgehead atoms. The van der Waals surface area contributed by atoms with Crippen molar-refractivity contribution in [2.75, 3.05) is 19.8 Å². The van der Waals surface area contributed by atoms with E-state index in [4.69, 9.17) is 9.29 Å². The Morgan fingerprint density at radius 2 is 2.00 bits per heavy atom. The molecule has 0 saturated carbocycles. The van der Waals surface area contributed by atoms with Gasteiger partial charge < -0.3 is 4.74 Å². The Labute approximate surface area is 94.0 Å². The van der Waals surface area contributed by atoms with Crippen molar-refractivity contribution < 1.29 is 21.9 Å². The Bertz CT molecular complexity index is 200. The molecule has 0 radical (unpaired) electrons. The predicted octanol–water partition coefficient (Wildman–Crippen LogP) is -0.640. The molecule has 0 aromatic carbocycles. The number of hydrogen-bond donors (Lipinski definition) is 1. The first-order valence-electron chi connectivity index (χ1n) is 2.87. The van der Waals surface area contributed by atoms with Crippen LogP contribution in [-0.2, 0) is 19.3 Å². The van der Waals surface area contributed by atoms with E-state index in [0.717, 1.165) is 0 Å². The fraction of sp³-hybridized carbons (Fsp3) is 0.600. The second kappa shape index (κ2) is 8.18. The molecule has 0 aliphatic carbocycles. The summed E-state index contributed by atoms with van der Waals surface area (Å²) >= 11 is 0. The number of ether oxygens (including phenoxy) is 1. The molecule has 7 heteroatoms. The molecule has 0 aromatic heterocycles. The SMILES string of the molecule is C=CCOCCOS(=O)(=O)O.[NaH]. The molecule has 0 fully saturated rings. The van der Waals surface area contributed by atoms with Gasteiger partial charge in [0.25, 0.3) is 0 Å². The average molecular weight is 206 g/mol. The fourth-order valence-corrected chi connectivity index (χ4v) is 0.644. The van der Waals surface area contributed by atoms with Crippen LogP contribution in [0.5, 0.6) is 0 Å². The number of hydrogen-bond acceptors (Lipinski definition) is 4. The third-order valence-corrected chi connectivity index (χ3v) is 1.16. The van der Waals surface area contributed by atoms with E-state index in [0.29, 0.717) is 6.61 Å². The molecule has 1 N–H and O–H groups in total. The van der Waals surface area contributed by atoms with Crippen LogP contribution in [0.25, 0.3) is 0 Å². The molecule has 0 heterocycles. The van der Waals surface area contributed by atoms with Crippen LogP contribution >= 0.6 is 0 Å². The van der Waals surface area contributed by atoms with E-state index >= 15 is 0 Å². The molecule has 0 atom stereocenters. The average Bonchev–Trinajstić information content (AvgIpc) is 1.85. The monoisotopic (exact) mass is 206 g/mol. The molecule has 0 unspecified atom stereocenters. The van der Waals surface area contributed by atoms with Crippen LogP contribution in [0.2, 0.25) is 0 Å². The summed E-state index contributed by atoms with van der Waals surface area (Å²) < 4.78 is 36.6. The minimum atomic E-state index is -4.32. The van der Waals surface area contributed by atoms with Crippen LogP contribution in [0, 0.1) is 0 Å². The van der Waals surface area contributed by atoms with Crippen LogP contribution in [0.4, 0.5) is 0 Å². The summed E-state index contributed by atoms with van der Waals surface area (Å²) in [4.78, 5) is 0. The molecule has 68 valence electrons. The summed E-state index contributed by atoms with van der Waals surface area (Å²) in [5.74, 6) is 0. The van der Waals surface area contributed by atoms with Gasteiger partial charge in [-0.3, -0.25) is 4.55 Å². The maximum atomic E-state index is 9.92. The van der Waals surface area contributed by atoms with Crippen molar-refractivity contribution in [1.82, 2.24) is 0 Å². The molecule has 0 saturated heterocycles. The van der Waals surface area contributed by atoms with E-state index in [1.807, 2.05) is 0 Å². The van der Waals surface area contributed by atoms with Gasteiger partial charge in [-0.05, 0) is 0 Å². The quantitative estimate of drug-likeness (QED) is 0.271. The molecule has 5 nitrogen and oxygen atoms in total. The van der Waals surface area contributed by atoms with E-state index in [1.165, 1.54) is 6.08 Å². The van der Waals surface area contributed by atoms with E-state index in [9.17, 15) is 8.42 Å². The summed E-state index contributed by atoms with van der Waals surface area (Å²) in [5.41, 5.74) is 0. The maximum absolute atomic E-state index is 9.92. The summed E-state index contributed by atoms with van der Waals surface area (Å²) in [7, 11) is -4.32. The Morgan fingerprint density at radius 3 is 2.42 bits per heavy atom. The summed E-state index contributed by atoms with van der Waals surface area (Å²) in [6, 6.07) is 0. The topological polar surface area (TPSA) is 72.8 Å². The minimum absolute atomic E-state index is 0. The van der Waals surface area contributed by atoms with Gasteiger partial charge in [-0.2, -0.15) is 8.42 Å². The van der Waals surface area contributed by atoms with Gasteiger partial charge in [0.05, 0.1) is 19.8 Å². The van der Waals surface area contributed by atoms with Crippen molar-refractivity contribution in [2.45, 2.75) is 0 Å². The van der Waals surface area contributed by atoms with Gasteiger partial charge in [0.2, 0.25) is 0 Å². The summed E-state index contributed by atoms with van der Waals surface area (Å²) in [6.07, 6.45) is 1.52. The van der Waals surface area contributed by atoms with E-state index in [1.54, 1.807) is 0 Å². The summed E-state index contributed by atoms with van der Waals surface area (Å²) in [6.45, 7) is 3.62. The molecule has 0 aromatic rings. The van der Waals surface area contributed by atoms with Crippen molar-refractivity contribution in [3.8, 4) is 0 Å².